The van der Waals surface area contributed by atoms with Gasteiger partial charge in [0, 0.05) is 31.7 Å². The molecule has 0 atom stereocenters. The van der Waals surface area contributed by atoms with Crippen LogP contribution in [0.1, 0.15) is 59.8 Å². The molecule has 1 aliphatic carbocycles. The maximum Gasteiger partial charge on any atom is 0.410 e. The van der Waals surface area contributed by atoms with Crippen LogP contribution in [0, 0.1) is 0 Å². The van der Waals surface area contributed by atoms with Crippen LogP contribution in [-0.2, 0) is 4.74 Å². The number of nitrogens with zero attached hydrogens (tertiary/aromatic N) is 2. The van der Waals surface area contributed by atoms with Gasteiger partial charge in [-0.05, 0) is 40.5 Å². The standard InChI is InChI=1S/C18H32N2O2/c1-15(2)18(9-7-6-8-10-18)20-13-11-19(12-14-20)16(21)22-17(3,4)5/h1,6-14H2,2-5H3. The largest absolute Gasteiger partial charge is 0.444 e. The van der Waals surface area contributed by atoms with Crippen LogP contribution in [-0.4, -0.2) is 53.2 Å². The molecule has 2 fully saturated rings. The maximum absolute atomic E-state index is 12.2. The highest BCUT2D eigenvalue weighted by molar-refractivity contribution is 5.68. The average Bonchev–Trinajstić information content (AvgIpc) is 2.46. The zero-order valence-electron chi connectivity index (χ0n) is 14.8. The van der Waals surface area contributed by atoms with Crippen LogP contribution >= 0.6 is 0 Å². The number of carbonyl (C=O) groups is 1. The first kappa shape index (κ1) is 17.3. The molecule has 126 valence electrons. The smallest absolute Gasteiger partial charge is 0.410 e. The van der Waals surface area contributed by atoms with Crippen LogP contribution in [0.2, 0.25) is 0 Å². The Morgan fingerprint density at radius 2 is 1.59 bits per heavy atom. The van der Waals surface area contributed by atoms with Crippen molar-refractivity contribution in [1.29, 1.82) is 0 Å². The first-order chi connectivity index (χ1) is 10.2. The van der Waals surface area contributed by atoms with Crippen molar-refractivity contribution in [3.05, 3.63) is 12.2 Å². The molecule has 2 rings (SSSR count). The minimum absolute atomic E-state index is 0.165. The van der Waals surface area contributed by atoms with Gasteiger partial charge in [-0.25, -0.2) is 4.79 Å². The Morgan fingerprint density at radius 3 is 2.05 bits per heavy atom. The zero-order chi connectivity index (χ0) is 16.4. The van der Waals surface area contributed by atoms with E-state index in [-0.39, 0.29) is 11.6 Å². The molecule has 0 unspecified atom stereocenters. The molecule has 1 heterocycles. The lowest BCUT2D eigenvalue weighted by Gasteiger charge is -2.50. The first-order valence-electron chi connectivity index (χ1n) is 8.64. The Hall–Kier alpha value is -1.03. The van der Waals surface area contributed by atoms with Gasteiger partial charge in [0.25, 0.3) is 0 Å². The van der Waals surface area contributed by atoms with Crippen LogP contribution < -0.4 is 0 Å². The summed E-state index contributed by atoms with van der Waals surface area (Å²) in [5.41, 5.74) is 1.03. The number of amides is 1. The number of piperazine rings is 1. The van der Waals surface area contributed by atoms with Crippen molar-refractivity contribution in [2.75, 3.05) is 26.2 Å². The van der Waals surface area contributed by atoms with Gasteiger partial charge in [0.15, 0.2) is 0 Å². The van der Waals surface area contributed by atoms with Crippen molar-refractivity contribution < 1.29 is 9.53 Å². The first-order valence-corrected chi connectivity index (χ1v) is 8.64. The zero-order valence-corrected chi connectivity index (χ0v) is 14.8. The quantitative estimate of drug-likeness (QED) is 0.727. The summed E-state index contributed by atoms with van der Waals surface area (Å²) in [5.74, 6) is 0. The lowest BCUT2D eigenvalue weighted by atomic mass is 9.75. The Labute approximate surface area is 135 Å². The molecule has 0 bridgehead atoms. The van der Waals surface area contributed by atoms with Crippen molar-refractivity contribution in [3.8, 4) is 0 Å². The second kappa shape index (κ2) is 6.61. The fourth-order valence-corrected chi connectivity index (χ4v) is 3.79. The Morgan fingerprint density at radius 1 is 1.05 bits per heavy atom. The van der Waals surface area contributed by atoms with E-state index in [2.05, 4.69) is 18.4 Å². The molecule has 0 radical (unpaired) electrons. The van der Waals surface area contributed by atoms with Crippen LogP contribution in [0.5, 0.6) is 0 Å². The summed E-state index contributed by atoms with van der Waals surface area (Å²) in [6.45, 7) is 15.6. The molecule has 4 nitrogen and oxygen atoms in total. The molecular formula is C18H32N2O2. The highest BCUT2D eigenvalue weighted by atomic mass is 16.6. The van der Waals surface area contributed by atoms with E-state index in [4.69, 9.17) is 4.74 Å². The maximum atomic E-state index is 12.2. The van der Waals surface area contributed by atoms with Gasteiger partial charge in [0.05, 0.1) is 0 Å². The summed E-state index contributed by atoms with van der Waals surface area (Å²) in [6.07, 6.45) is 6.18. The molecule has 0 aromatic rings. The van der Waals surface area contributed by atoms with Crippen molar-refractivity contribution in [2.24, 2.45) is 0 Å². The molecule has 1 saturated carbocycles. The lowest BCUT2D eigenvalue weighted by molar-refractivity contribution is -0.00388. The Bertz CT molecular complexity index is 411. The van der Waals surface area contributed by atoms with E-state index in [1.165, 1.54) is 37.7 Å². The molecule has 0 aromatic carbocycles. The number of hydrogen-bond donors (Lipinski definition) is 0. The van der Waals surface area contributed by atoms with E-state index in [1.54, 1.807) is 0 Å². The van der Waals surface area contributed by atoms with Crippen molar-refractivity contribution in [1.82, 2.24) is 9.80 Å². The van der Waals surface area contributed by atoms with Crippen molar-refractivity contribution >= 4 is 6.09 Å². The van der Waals surface area contributed by atoms with Gasteiger partial charge in [0.1, 0.15) is 5.60 Å². The van der Waals surface area contributed by atoms with Crippen LogP contribution in [0.15, 0.2) is 12.2 Å². The highest BCUT2D eigenvalue weighted by Gasteiger charge is 2.40. The second-order valence-corrected chi connectivity index (χ2v) is 7.83. The Kier molecular flexibility index (Phi) is 5.21. The molecule has 1 amide bonds. The monoisotopic (exact) mass is 308 g/mol. The number of ether oxygens (including phenoxy) is 1. The molecule has 2 aliphatic rings. The average molecular weight is 308 g/mol. The second-order valence-electron chi connectivity index (χ2n) is 7.83. The van der Waals surface area contributed by atoms with Crippen LogP contribution in [0.25, 0.3) is 0 Å². The van der Waals surface area contributed by atoms with Crippen LogP contribution in [0.3, 0.4) is 0 Å². The lowest BCUT2D eigenvalue weighted by Crippen LogP contribution is -2.59. The van der Waals surface area contributed by atoms with E-state index in [1.807, 2.05) is 25.7 Å². The van der Waals surface area contributed by atoms with Crippen molar-refractivity contribution in [2.45, 2.75) is 70.9 Å². The van der Waals surface area contributed by atoms with E-state index < -0.39 is 5.60 Å². The SMILES string of the molecule is C=C(C)C1(N2CCN(C(=O)OC(C)(C)C)CC2)CCCCC1. The van der Waals surface area contributed by atoms with E-state index in [0.717, 1.165) is 26.2 Å². The van der Waals surface area contributed by atoms with E-state index in [0.29, 0.717) is 0 Å². The fraction of sp³-hybridized carbons (Fsp3) is 0.833. The number of hydrogen-bond acceptors (Lipinski definition) is 3. The highest BCUT2D eigenvalue weighted by Crippen LogP contribution is 2.39. The molecular weight excluding hydrogens is 276 g/mol. The van der Waals surface area contributed by atoms with E-state index in [9.17, 15) is 4.79 Å². The number of carbonyl (C=O) groups excluding carboxylic acids is 1. The summed E-state index contributed by atoms with van der Waals surface area (Å²) in [6, 6.07) is 0. The third kappa shape index (κ3) is 3.83. The van der Waals surface area contributed by atoms with Gasteiger partial charge in [-0.2, -0.15) is 0 Å². The third-order valence-corrected chi connectivity index (χ3v) is 5.01. The molecule has 0 aromatic heterocycles. The molecule has 1 aliphatic heterocycles. The molecule has 22 heavy (non-hydrogen) atoms. The molecule has 0 spiro atoms. The summed E-state index contributed by atoms with van der Waals surface area (Å²) in [5, 5.41) is 0. The van der Waals surface area contributed by atoms with Gasteiger partial charge in [0.2, 0.25) is 0 Å². The summed E-state index contributed by atoms with van der Waals surface area (Å²) in [4.78, 5) is 16.6. The van der Waals surface area contributed by atoms with Gasteiger partial charge >= 0.3 is 6.09 Å². The fourth-order valence-electron chi connectivity index (χ4n) is 3.79. The van der Waals surface area contributed by atoms with Gasteiger partial charge in [-0.15, -0.1) is 0 Å². The predicted molar refractivity (Wildman–Crippen MR) is 90.0 cm³/mol. The predicted octanol–water partition coefficient (Wildman–Crippen LogP) is 3.82. The van der Waals surface area contributed by atoms with Crippen LogP contribution in [0.4, 0.5) is 4.79 Å². The van der Waals surface area contributed by atoms with Gasteiger partial charge in [-0.3, -0.25) is 4.90 Å². The summed E-state index contributed by atoms with van der Waals surface area (Å²) < 4.78 is 5.48. The van der Waals surface area contributed by atoms with Gasteiger partial charge in [-0.1, -0.05) is 31.4 Å². The van der Waals surface area contributed by atoms with Gasteiger partial charge < -0.3 is 9.64 Å². The number of rotatable bonds is 2. The van der Waals surface area contributed by atoms with E-state index >= 15 is 0 Å². The normalized spacial score (nSPS) is 23.2. The molecule has 0 N–H and O–H groups in total. The minimum atomic E-state index is -0.420. The summed E-state index contributed by atoms with van der Waals surface area (Å²) >= 11 is 0. The third-order valence-electron chi connectivity index (χ3n) is 5.01. The minimum Gasteiger partial charge on any atom is -0.444 e. The van der Waals surface area contributed by atoms with Crippen molar-refractivity contribution in [3.63, 3.8) is 0 Å². The topological polar surface area (TPSA) is 32.8 Å². The summed E-state index contributed by atoms with van der Waals surface area (Å²) in [7, 11) is 0. The molecule has 1 saturated heterocycles. The Balaban J connectivity index is 1.96. The molecule has 4 heteroatoms.